The fourth-order valence-electron chi connectivity index (χ4n) is 1.90. The van der Waals surface area contributed by atoms with E-state index in [2.05, 4.69) is 5.32 Å². The van der Waals surface area contributed by atoms with Crippen LogP contribution in [0.3, 0.4) is 0 Å². The van der Waals surface area contributed by atoms with Crippen molar-refractivity contribution in [1.29, 1.82) is 0 Å². The molecule has 0 saturated carbocycles. The molecule has 0 aliphatic heterocycles. The maximum atomic E-state index is 13.9. The summed E-state index contributed by atoms with van der Waals surface area (Å²) >= 11 is 5.77. The van der Waals surface area contributed by atoms with Crippen LogP contribution in [0, 0.1) is 5.82 Å². The third kappa shape index (κ3) is 4.23. The third-order valence-corrected chi connectivity index (χ3v) is 3.27. The number of hydrogen-bond acceptors (Lipinski definition) is 2. The minimum atomic E-state index is -0.307. The molecule has 0 aliphatic rings. The predicted molar refractivity (Wildman–Crippen MR) is 73.5 cm³/mol. The second kappa shape index (κ2) is 6.50. The summed E-state index contributed by atoms with van der Waals surface area (Å²) in [6.07, 6.45) is 0.690. The van der Waals surface area contributed by atoms with Gasteiger partial charge in [0.05, 0.1) is 5.60 Å². The molecule has 0 radical (unpaired) electrons. The standard InChI is InChI=1S/C14H21ClFNO/c1-5-17-13(9-14(2,3)18-4)11-7-6-10(15)8-12(11)16/h6-8,13,17H,5,9H2,1-4H3. The van der Waals surface area contributed by atoms with Gasteiger partial charge in [0.15, 0.2) is 0 Å². The van der Waals surface area contributed by atoms with Crippen LogP contribution in [0.1, 0.15) is 38.8 Å². The van der Waals surface area contributed by atoms with Crippen LogP contribution in [-0.4, -0.2) is 19.3 Å². The molecule has 0 fully saturated rings. The monoisotopic (exact) mass is 273 g/mol. The van der Waals surface area contributed by atoms with E-state index in [1.165, 1.54) is 6.07 Å². The Hall–Kier alpha value is -0.640. The Labute approximate surface area is 113 Å². The molecule has 0 heterocycles. The van der Waals surface area contributed by atoms with Crippen LogP contribution in [0.15, 0.2) is 18.2 Å². The molecule has 0 aromatic heterocycles. The molecule has 1 aromatic rings. The van der Waals surface area contributed by atoms with Gasteiger partial charge in [-0.2, -0.15) is 0 Å². The molecule has 0 spiro atoms. The van der Waals surface area contributed by atoms with Crippen LogP contribution in [0.25, 0.3) is 0 Å². The van der Waals surface area contributed by atoms with Crippen molar-refractivity contribution in [3.63, 3.8) is 0 Å². The lowest BCUT2D eigenvalue weighted by Crippen LogP contribution is -2.32. The van der Waals surface area contributed by atoms with Gasteiger partial charge in [0.25, 0.3) is 0 Å². The number of hydrogen-bond donors (Lipinski definition) is 1. The molecular weight excluding hydrogens is 253 g/mol. The molecule has 2 nitrogen and oxygen atoms in total. The molecule has 102 valence electrons. The summed E-state index contributed by atoms with van der Waals surface area (Å²) in [4.78, 5) is 0. The van der Waals surface area contributed by atoms with E-state index >= 15 is 0 Å². The first kappa shape index (κ1) is 15.4. The number of rotatable bonds is 6. The summed E-state index contributed by atoms with van der Waals surface area (Å²) in [5.41, 5.74) is 0.324. The first-order chi connectivity index (χ1) is 8.39. The van der Waals surface area contributed by atoms with E-state index in [9.17, 15) is 4.39 Å². The van der Waals surface area contributed by atoms with Gasteiger partial charge < -0.3 is 10.1 Å². The lowest BCUT2D eigenvalue weighted by atomic mass is 9.93. The van der Waals surface area contributed by atoms with Gasteiger partial charge in [-0.05, 0) is 38.9 Å². The maximum Gasteiger partial charge on any atom is 0.129 e. The number of nitrogens with one attached hydrogen (secondary N) is 1. The second-order valence-electron chi connectivity index (χ2n) is 4.94. The average Bonchev–Trinajstić information content (AvgIpc) is 2.28. The quantitative estimate of drug-likeness (QED) is 0.847. The number of methoxy groups -OCH3 is 1. The van der Waals surface area contributed by atoms with Crippen LogP contribution in [0.2, 0.25) is 5.02 Å². The Morgan fingerprint density at radius 1 is 1.44 bits per heavy atom. The molecule has 18 heavy (non-hydrogen) atoms. The zero-order valence-corrected chi connectivity index (χ0v) is 12.1. The summed E-state index contributed by atoms with van der Waals surface area (Å²) in [5.74, 6) is -0.277. The van der Waals surface area contributed by atoms with Gasteiger partial charge in [-0.25, -0.2) is 4.39 Å². The zero-order chi connectivity index (χ0) is 13.8. The van der Waals surface area contributed by atoms with Crippen LogP contribution in [0.4, 0.5) is 4.39 Å². The van der Waals surface area contributed by atoms with Gasteiger partial charge >= 0.3 is 0 Å². The lowest BCUT2D eigenvalue weighted by molar-refractivity contribution is 0.00671. The fraction of sp³-hybridized carbons (Fsp3) is 0.571. The van der Waals surface area contributed by atoms with Crippen LogP contribution in [0.5, 0.6) is 0 Å². The molecule has 1 unspecified atom stereocenters. The highest BCUT2D eigenvalue weighted by molar-refractivity contribution is 6.30. The average molecular weight is 274 g/mol. The molecule has 0 saturated heterocycles. The summed E-state index contributed by atoms with van der Waals surface area (Å²) in [7, 11) is 1.67. The summed E-state index contributed by atoms with van der Waals surface area (Å²) in [6, 6.07) is 4.71. The van der Waals surface area contributed by atoms with E-state index in [4.69, 9.17) is 16.3 Å². The predicted octanol–water partition coefficient (Wildman–Crippen LogP) is 3.94. The van der Waals surface area contributed by atoms with Crippen molar-refractivity contribution >= 4 is 11.6 Å². The van der Waals surface area contributed by atoms with Crippen LogP contribution >= 0.6 is 11.6 Å². The highest BCUT2D eigenvalue weighted by Gasteiger charge is 2.25. The van der Waals surface area contributed by atoms with Gasteiger partial charge in [-0.3, -0.25) is 0 Å². The molecular formula is C14H21ClFNO. The Bertz CT molecular complexity index is 395. The summed E-state index contributed by atoms with van der Waals surface area (Å²) < 4.78 is 19.3. The highest BCUT2D eigenvalue weighted by Crippen LogP contribution is 2.28. The molecule has 4 heteroatoms. The van der Waals surface area contributed by atoms with Crippen LogP contribution < -0.4 is 5.32 Å². The Kier molecular flexibility index (Phi) is 5.57. The van der Waals surface area contributed by atoms with E-state index in [0.29, 0.717) is 17.0 Å². The van der Waals surface area contributed by atoms with Gasteiger partial charge in [0, 0.05) is 23.7 Å². The van der Waals surface area contributed by atoms with Crippen molar-refractivity contribution in [2.24, 2.45) is 0 Å². The molecule has 1 aromatic carbocycles. The van der Waals surface area contributed by atoms with Crippen molar-refractivity contribution in [1.82, 2.24) is 5.32 Å². The number of halogens is 2. The Morgan fingerprint density at radius 2 is 2.11 bits per heavy atom. The Morgan fingerprint density at radius 3 is 2.61 bits per heavy atom. The van der Waals surface area contributed by atoms with Gasteiger partial charge in [-0.1, -0.05) is 24.6 Å². The van der Waals surface area contributed by atoms with E-state index in [1.807, 2.05) is 20.8 Å². The van der Waals surface area contributed by atoms with Gasteiger partial charge in [0.2, 0.25) is 0 Å². The Balaban J connectivity index is 2.97. The minimum absolute atomic E-state index is 0.0813. The highest BCUT2D eigenvalue weighted by atomic mass is 35.5. The smallest absolute Gasteiger partial charge is 0.129 e. The molecule has 0 amide bonds. The number of ether oxygens (including phenoxy) is 1. The minimum Gasteiger partial charge on any atom is -0.379 e. The third-order valence-electron chi connectivity index (χ3n) is 3.04. The van der Waals surface area contributed by atoms with Crippen molar-refractivity contribution < 1.29 is 9.13 Å². The molecule has 1 rings (SSSR count). The van der Waals surface area contributed by atoms with Gasteiger partial charge in [0.1, 0.15) is 5.82 Å². The first-order valence-electron chi connectivity index (χ1n) is 6.13. The second-order valence-corrected chi connectivity index (χ2v) is 5.38. The zero-order valence-electron chi connectivity index (χ0n) is 11.4. The van der Waals surface area contributed by atoms with E-state index < -0.39 is 0 Å². The SMILES string of the molecule is CCNC(CC(C)(C)OC)c1ccc(Cl)cc1F. The topological polar surface area (TPSA) is 21.3 Å². The lowest BCUT2D eigenvalue weighted by Gasteiger charge is -2.29. The summed E-state index contributed by atoms with van der Waals surface area (Å²) in [6.45, 7) is 6.75. The largest absolute Gasteiger partial charge is 0.379 e. The van der Waals surface area contributed by atoms with Crippen molar-refractivity contribution in [2.75, 3.05) is 13.7 Å². The molecule has 1 atom stereocenters. The number of benzene rings is 1. The van der Waals surface area contributed by atoms with Crippen molar-refractivity contribution in [3.8, 4) is 0 Å². The molecule has 1 N–H and O–H groups in total. The molecule has 0 bridgehead atoms. The summed E-state index contributed by atoms with van der Waals surface area (Å²) in [5, 5.41) is 3.70. The normalized spacial score (nSPS) is 13.7. The fourth-order valence-corrected chi connectivity index (χ4v) is 2.06. The first-order valence-corrected chi connectivity index (χ1v) is 6.51. The van der Waals surface area contributed by atoms with Crippen molar-refractivity contribution in [3.05, 3.63) is 34.6 Å². The van der Waals surface area contributed by atoms with Crippen LogP contribution in [-0.2, 0) is 4.74 Å². The van der Waals surface area contributed by atoms with Crippen molar-refractivity contribution in [2.45, 2.75) is 38.8 Å². The van der Waals surface area contributed by atoms with Gasteiger partial charge in [-0.15, -0.1) is 0 Å². The van der Waals surface area contributed by atoms with E-state index in [-0.39, 0.29) is 17.5 Å². The van der Waals surface area contributed by atoms with E-state index in [1.54, 1.807) is 19.2 Å². The van der Waals surface area contributed by atoms with E-state index in [0.717, 1.165) is 6.54 Å². The maximum absolute atomic E-state index is 13.9. The molecule has 0 aliphatic carbocycles.